The molecule has 0 radical (unpaired) electrons. The Balaban J connectivity index is 1.89. The number of fused-ring (bicyclic) bond motifs is 1. The van der Waals surface area contributed by atoms with Crippen molar-refractivity contribution in [3.05, 3.63) is 87.4 Å². The molecule has 1 aromatic carbocycles. The van der Waals surface area contributed by atoms with E-state index in [1.165, 1.54) is 16.1 Å². The zero-order valence-corrected chi connectivity index (χ0v) is 13.8. The van der Waals surface area contributed by atoms with Gasteiger partial charge in [-0.1, -0.05) is 24.3 Å². The zero-order valence-electron chi connectivity index (χ0n) is 13.0. The normalized spacial score (nSPS) is 10.9. The Kier molecular flexibility index (Phi) is 3.91. The first-order valence-corrected chi connectivity index (χ1v) is 8.48. The summed E-state index contributed by atoms with van der Waals surface area (Å²) in [6.45, 7) is 0.123. The van der Waals surface area contributed by atoms with Gasteiger partial charge in [-0.15, -0.1) is 16.1 Å². The number of rotatable bonds is 4. The Bertz CT molecular complexity index is 1080. The van der Waals surface area contributed by atoms with Crippen LogP contribution in [0.3, 0.4) is 0 Å². The van der Waals surface area contributed by atoms with E-state index in [4.69, 9.17) is 4.84 Å². The van der Waals surface area contributed by atoms with E-state index in [1.54, 1.807) is 42.6 Å². The standard InChI is InChI=1S/C18H13N3O3S/c22-18-17(16-9-5-11-25-16)20(23)14-7-1-2-8-15(14)21(18)24-12-13-6-3-4-10-19-13/h1-11H,12H2. The largest absolute Gasteiger partial charge is 0.618 e. The van der Waals surface area contributed by atoms with Crippen LogP contribution >= 0.6 is 11.3 Å². The number of aromatic nitrogens is 3. The predicted molar refractivity (Wildman–Crippen MR) is 95.0 cm³/mol. The first-order chi connectivity index (χ1) is 12.3. The van der Waals surface area contributed by atoms with Crippen LogP contribution in [0.2, 0.25) is 0 Å². The Morgan fingerprint density at radius 2 is 1.96 bits per heavy atom. The highest BCUT2D eigenvalue weighted by Crippen LogP contribution is 2.20. The number of pyridine rings is 1. The third kappa shape index (κ3) is 2.74. The molecule has 7 heteroatoms. The molecule has 0 aliphatic heterocycles. The van der Waals surface area contributed by atoms with E-state index >= 15 is 0 Å². The summed E-state index contributed by atoms with van der Waals surface area (Å²) in [5.41, 5.74) is 1.03. The van der Waals surface area contributed by atoms with Crippen molar-refractivity contribution in [2.24, 2.45) is 0 Å². The number of thiophene rings is 1. The summed E-state index contributed by atoms with van der Waals surface area (Å²) in [5.74, 6) is 0. The quantitative estimate of drug-likeness (QED) is 0.418. The number of hydrogen-bond acceptors (Lipinski definition) is 5. The average Bonchev–Trinajstić information content (AvgIpc) is 3.17. The number of hydrogen-bond donors (Lipinski definition) is 0. The van der Waals surface area contributed by atoms with Gasteiger partial charge < -0.3 is 10.0 Å². The smallest absolute Gasteiger partial charge is 0.358 e. The van der Waals surface area contributed by atoms with Crippen molar-refractivity contribution in [1.29, 1.82) is 0 Å². The molecule has 25 heavy (non-hydrogen) atoms. The molecule has 124 valence electrons. The van der Waals surface area contributed by atoms with Crippen molar-refractivity contribution in [2.75, 3.05) is 0 Å². The van der Waals surface area contributed by atoms with Gasteiger partial charge in [0.15, 0.2) is 12.1 Å². The molecule has 0 aliphatic rings. The van der Waals surface area contributed by atoms with Crippen LogP contribution < -0.4 is 15.1 Å². The molecule has 0 aliphatic carbocycles. The molecule has 6 nitrogen and oxygen atoms in total. The second-order valence-electron chi connectivity index (χ2n) is 5.30. The highest BCUT2D eigenvalue weighted by Gasteiger charge is 2.24. The lowest BCUT2D eigenvalue weighted by atomic mass is 10.2. The fraction of sp³-hybridized carbons (Fsp3) is 0.0556. The van der Waals surface area contributed by atoms with E-state index in [2.05, 4.69) is 4.98 Å². The Hall–Kier alpha value is -3.19. The summed E-state index contributed by atoms with van der Waals surface area (Å²) in [5, 5.41) is 14.5. The van der Waals surface area contributed by atoms with Gasteiger partial charge in [0, 0.05) is 12.3 Å². The van der Waals surface area contributed by atoms with Crippen LogP contribution in [-0.2, 0) is 6.61 Å². The van der Waals surface area contributed by atoms with Crippen molar-refractivity contribution in [3.63, 3.8) is 0 Å². The highest BCUT2D eigenvalue weighted by atomic mass is 32.1. The van der Waals surface area contributed by atoms with Crippen molar-refractivity contribution in [1.82, 2.24) is 9.71 Å². The van der Waals surface area contributed by atoms with Crippen LogP contribution in [-0.4, -0.2) is 9.71 Å². The second kappa shape index (κ2) is 6.37. The van der Waals surface area contributed by atoms with Gasteiger partial charge in [0.2, 0.25) is 5.52 Å². The number of benzene rings is 1. The Morgan fingerprint density at radius 1 is 1.12 bits per heavy atom. The first kappa shape index (κ1) is 15.3. The molecule has 0 saturated heterocycles. The molecule has 3 aromatic heterocycles. The summed E-state index contributed by atoms with van der Waals surface area (Å²) in [4.78, 5) is 23.4. The summed E-state index contributed by atoms with van der Waals surface area (Å²) in [6.07, 6.45) is 1.66. The molecule has 3 heterocycles. The van der Waals surface area contributed by atoms with Gasteiger partial charge in [0.05, 0.1) is 5.69 Å². The van der Waals surface area contributed by atoms with E-state index in [-0.39, 0.29) is 12.3 Å². The average molecular weight is 351 g/mol. The van der Waals surface area contributed by atoms with Gasteiger partial charge in [-0.2, -0.15) is 4.73 Å². The Labute approximate surface area is 146 Å². The monoisotopic (exact) mass is 351 g/mol. The predicted octanol–water partition coefficient (Wildman–Crippen LogP) is 2.39. The molecule has 0 unspecified atom stereocenters. The van der Waals surface area contributed by atoms with Crippen molar-refractivity contribution in [2.45, 2.75) is 6.61 Å². The fourth-order valence-corrected chi connectivity index (χ4v) is 3.32. The van der Waals surface area contributed by atoms with Gasteiger partial charge in [0.1, 0.15) is 4.88 Å². The summed E-state index contributed by atoms with van der Waals surface area (Å²) >= 11 is 1.33. The van der Waals surface area contributed by atoms with Crippen LogP contribution in [0, 0.1) is 5.21 Å². The van der Waals surface area contributed by atoms with E-state index in [0.717, 1.165) is 0 Å². The van der Waals surface area contributed by atoms with Gasteiger partial charge >= 0.3 is 11.3 Å². The van der Waals surface area contributed by atoms with Crippen LogP contribution in [0.15, 0.2) is 71.0 Å². The third-order valence-corrected chi connectivity index (χ3v) is 4.61. The fourth-order valence-electron chi connectivity index (χ4n) is 2.58. The van der Waals surface area contributed by atoms with Crippen molar-refractivity contribution >= 4 is 22.4 Å². The van der Waals surface area contributed by atoms with Gasteiger partial charge in [-0.3, -0.25) is 9.78 Å². The van der Waals surface area contributed by atoms with E-state index in [0.29, 0.717) is 26.3 Å². The van der Waals surface area contributed by atoms with E-state index < -0.39 is 5.56 Å². The molecular formula is C18H13N3O3S. The third-order valence-electron chi connectivity index (χ3n) is 3.73. The van der Waals surface area contributed by atoms with Crippen molar-refractivity contribution < 1.29 is 9.57 Å². The van der Waals surface area contributed by atoms with Crippen molar-refractivity contribution in [3.8, 4) is 10.6 Å². The molecule has 0 amide bonds. The molecule has 0 bridgehead atoms. The maximum atomic E-state index is 12.9. The maximum absolute atomic E-state index is 12.9. The van der Waals surface area contributed by atoms with E-state index in [9.17, 15) is 10.0 Å². The molecule has 0 saturated carbocycles. The minimum absolute atomic E-state index is 0.0507. The first-order valence-electron chi connectivity index (χ1n) is 7.60. The number of para-hydroxylation sites is 2. The van der Waals surface area contributed by atoms with Crippen LogP contribution in [0.25, 0.3) is 21.6 Å². The molecule has 4 rings (SSSR count). The van der Waals surface area contributed by atoms with Gasteiger partial charge in [0.25, 0.3) is 0 Å². The molecule has 4 aromatic rings. The summed E-state index contributed by atoms with van der Waals surface area (Å²) in [6, 6.07) is 15.9. The topological polar surface area (TPSA) is 71.1 Å². The lowest BCUT2D eigenvalue weighted by molar-refractivity contribution is -0.566. The molecule has 0 N–H and O–H groups in total. The van der Waals surface area contributed by atoms with Crippen LogP contribution in [0.1, 0.15) is 5.69 Å². The Morgan fingerprint density at radius 3 is 2.72 bits per heavy atom. The minimum Gasteiger partial charge on any atom is -0.618 e. The lowest BCUT2D eigenvalue weighted by Crippen LogP contribution is -2.42. The summed E-state index contributed by atoms with van der Waals surface area (Å²) in [7, 11) is 0. The molecular weight excluding hydrogens is 338 g/mol. The molecule has 0 fully saturated rings. The molecule has 0 atom stereocenters. The lowest BCUT2D eigenvalue weighted by Gasteiger charge is -2.13. The minimum atomic E-state index is -0.493. The zero-order chi connectivity index (χ0) is 17.2. The summed E-state index contributed by atoms with van der Waals surface area (Å²) < 4.78 is 1.84. The maximum Gasteiger partial charge on any atom is 0.358 e. The van der Waals surface area contributed by atoms with E-state index in [1.807, 2.05) is 23.6 Å². The number of nitrogens with zero attached hydrogens (tertiary/aromatic N) is 3. The SMILES string of the molecule is O=c1c(-c2cccs2)[n+]([O-])c2ccccc2n1OCc1ccccn1. The van der Waals surface area contributed by atoms with Gasteiger partial charge in [-0.25, -0.2) is 0 Å². The second-order valence-corrected chi connectivity index (χ2v) is 6.25. The van der Waals surface area contributed by atoms with Crippen LogP contribution in [0.4, 0.5) is 0 Å². The molecule has 0 spiro atoms. The van der Waals surface area contributed by atoms with Gasteiger partial charge in [-0.05, 0) is 29.6 Å². The van der Waals surface area contributed by atoms with Crippen LogP contribution in [0.5, 0.6) is 0 Å². The highest BCUT2D eigenvalue weighted by molar-refractivity contribution is 7.13.